The Labute approximate surface area is 85.5 Å². The van der Waals surface area contributed by atoms with E-state index in [-0.39, 0.29) is 17.8 Å². The van der Waals surface area contributed by atoms with Crippen LogP contribution >= 0.6 is 0 Å². The summed E-state index contributed by atoms with van der Waals surface area (Å²) in [6.07, 6.45) is 0. The summed E-state index contributed by atoms with van der Waals surface area (Å²) in [5, 5.41) is 20.1. The second-order valence-corrected chi connectivity index (χ2v) is 3.40. The number of benzene rings is 1. The van der Waals surface area contributed by atoms with E-state index in [1.54, 1.807) is 0 Å². The van der Waals surface area contributed by atoms with E-state index in [1.165, 1.54) is 6.92 Å². The Hall–Kier alpha value is -1.53. The molecule has 0 aliphatic rings. The minimum Gasteiger partial charge on any atom is -0.384 e. The Morgan fingerprint density at radius 2 is 2.27 bits per heavy atom. The summed E-state index contributed by atoms with van der Waals surface area (Å²) in [6.45, 7) is 1.08. The van der Waals surface area contributed by atoms with Gasteiger partial charge in [0.25, 0.3) is 5.69 Å². The third kappa shape index (κ3) is 2.28. The Balaban J connectivity index is 3.28. The van der Waals surface area contributed by atoms with Gasteiger partial charge >= 0.3 is 0 Å². The van der Waals surface area contributed by atoms with Crippen molar-refractivity contribution in [3.8, 4) is 0 Å². The van der Waals surface area contributed by atoms with Gasteiger partial charge in [0, 0.05) is 24.2 Å². The van der Waals surface area contributed by atoms with Crippen LogP contribution in [0.1, 0.15) is 12.5 Å². The lowest BCUT2D eigenvalue weighted by molar-refractivity contribution is -0.385. The summed E-state index contributed by atoms with van der Waals surface area (Å²) in [6, 6.07) is 2.96. The number of nitro benzene ring substituents is 1. The fraction of sp³-hybridized carbons (Fsp3) is 0.333. The van der Waals surface area contributed by atoms with Gasteiger partial charge in [0.1, 0.15) is 11.4 Å². The molecule has 1 atom stereocenters. The average Bonchev–Trinajstić information content (AvgIpc) is 2.17. The number of halogens is 1. The molecule has 82 valence electrons. The lowest BCUT2D eigenvalue weighted by Gasteiger charge is -2.21. The zero-order valence-corrected chi connectivity index (χ0v) is 8.11. The molecule has 3 N–H and O–H groups in total. The Bertz CT molecular complexity index is 393. The largest absolute Gasteiger partial charge is 0.384 e. The topological polar surface area (TPSA) is 89.4 Å². The maximum atomic E-state index is 13.3. The maximum Gasteiger partial charge on any atom is 0.270 e. The van der Waals surface area contributed by atoms with Gasteiger partial charge in [-0.25, -0.2) is 4.39 Å². The van der Waals surface area contributed by atoms with Gasteiger partial charge in [0.2, 0.25) is 0 Å². The highest BCUT2D eigenvalue weighted by Gasteiger charge is 2.26. The first-order valence-electron chi connectivity index (χ1n) is 4.25. The molecule has 0 bridgehead atoms. The zero-order valence-electron chi connectivity index (χ0n) is 8.11. The summed E-state index contributed by atoms with van der Waals surface area (Å²) in [5.41, 5.74) is 3.20. The van der Waals surface area contributed by atoms with Crippen molar-refractivity contribution in [1.82, 2.24) is 0 Å². The van der Waals surface area contributed by atoms with Crippen molar-refractivity contribution in [2.24, 2.45) is 5.73 Å². The van der Waals surface area contributed by atoms with Crippen molar-refractivity contribution in [2.75, 3.05) is 6.54 Å². The summed E-state index contributed by atoms with van der Waals surface area (Å²) in [7, 11) is 0. The van der Waals surface area contributed by atoms with Crippen molar-refractivity contribution >= 4 is 5.69 Å². The molecule has 0 aliphatic carbocycles. The SMILES string of the molecule is CC(O)(CN)c1cc([N+](=O)[O-])ccc1F. The molecule has 0 radical (unpaired) electrons. The minimum atomic E-state index is -1.60. The van der Waals surface area contributed by atoms with Crippen LogP contribution in [-0.2, 0) is 5.60 Å². The van der Waals surface area contributed by atoms with Crippen molar-refractivity contribution in [3.05, 3.63) is 39.7 Å². The molecule has 0 spiro atoms. The zero-order chi connectivity index (χ0) is 11.6. The van der Waals surface area contributed by atoms with E-state index in [4.69, 9.17) is 5.73 Å². The van der Waals surface area contributed by atoms with E-state index in [0.717, 1.165) is 18.2 Å². The van der Waals surface area contributed by atoms with Gasteiger partial charge in [-0.3, -0.25) is 10.1 Å². The van der Waals surface area contributed by atoms with E-state index in [9.17, 15) is 19.6 Å². The number of hydrogen-bond donors (Lipinski definition) is 2. The van der Waals surface area contributed by atoms with Crippen LogP contribution in [0.4, 0.5) is 10.1 Å². The predicted octanol–water partition coefficient (Wildman–Crippen LogP) is 0.900. The van der Waals surface area contributed by atoms with Crippen LogP contribution in [0.2, 0.25) is 0 Å². The quantitative estimate of drug-likeness (QED) is 0.577. The van der Waals surface area contributed by atoms with E-state index in [2.05, 4.69) is 0 Å². The molecular weight excluding hydrogens is 203 g/mol. The van der Waals surface area contributed by atoms with E-state index in [1.807, 2.05) is 0 Å². The normalized spacial score (nSPS) is 14.7. The number of nitro groups is 1. The average molecular weight is 214 g/mol. The fourth-order valence-electron chi connectivity index (χ4n) is 1.15. The van der Waals surface area contributed by atoms with Crippen LogP contribution in [0.15, 0.2) is 18.2 Å². The van der Waals surface area contributed by atoms with Crippen LogP contribution < -0.4 is 5.73 Å². The van der Waals surface area contributed by atoms with E-state index < -0.39 is 16.3 Å². The van der Waals surface area contributed by atoms with Gasteiger partial charge in [0.15, 0.2) is 0 Å². The second kappa shape index (κ2) is 3.92. The Kier molecular flexibility index (Phi) is 3.01. The van der Waals surface area contributed by atoms with E-state index >= 15 is 0 Å². The minimum absolute atomic E-state index is 0.167. The first kappa shape index (κ1) is 11.5. The van der Waals surface area contributed by atoms with Crippen molar-refractivity contribution in [1.29, 1.82) is 0 Å². The summed E-state index contributed by atoms with van der Waals surface area (Å²) in [5.74, 6) is -0.712. The summed E-state index contributed by atoms with van der Waals surface area (Å²) < 4.78 is 13.3. The standard InChI is InChI=1S/C9H11FN2O3/c1-9(13,5-11)7-4-6(12(14)15)2-3-8(7)10/h2-4,13H,5,11H2,1H3. The number of nitrogens with zero attached hydrogens (tertiary/aromatic N) is 1. The second-order valence-electron chi connectivity index (χ2n) is 3.40. The maximum absolute atomic E-state index is 13.3. The molecule has 0 saturated carbocycles. The Morgan fingerprint density at radius 1 is 1.67 bits per heavy atom. The van der Waals surface area contributed by atoms with Gasteiger partial charge in [-0.15, -0.1) is 0 Å². The molecule has 0 heterocycles. The smallest absolute Gasteiger partial charge is 0.270 e. The summed E-state index contributed by atoms with van der Waals surface area (Å²) in [4.78, 5) is 9.79. The molecule has 0 saturated heterocycles. The molecule has 6 heteroatoms. The number of rotatable bonds is 3. The first-order valence-corrected chi connectivity index (χ1v) is 4.25. The summed E-state index contributed by atoms with van der Waals surface area (Å²) >= 11 is 0. The number of non-ortho nitro benzene ring substituents is 1. The Morgan fingerprint density at radius 3 is 2.73 bits per heavy atom. The molecule has 0 fully saturated rings. The lowest BCUT2D eigenvalue weighted by Crippen LogP contribution is -2.32. The van der Waals surface area contributed by atoms with Gasteiger partial charge in [-0.05, 0) is 13.0 Å². The van der Waals surface area contributed by atoms with Crippen LogP contribution in [0.3, 0.4) is 0 Å². The van der Waals surface area contributed by atoms with Gasteiger partial charge in [-0.2, -0.15) is 0 Å². The van der Waals surface area contributed by atoms with Crippen LogP contribution in [0.5, 0.6) is 0 Å². The molecule has 1 aromatic rings. The van der Waals surface area contributed by atoms with E-state index in [0.29, 0.717) is 0 Å². The molecule has 0 amide bonds. The number of aliphatic hydroxyl groups is 1. The molecule has 5 nitrogen and oxygen atoms in total. The number of nitrogens with two attached hydrogens (primary N) is 1. The third-order valence-corrected chi connectivity index (χ3v) is 2.14. The molecule has 0 aromatic heterocycles. The van der Waals surface area contributed by atoms with Gasteiger partial charge in [0.05, 0.1) is 4.92 Å². The molecule has 15 heavy (non-hydrogen) atoms. The molecule has 1 aromatic carbocycles. The third-order valence-electron chi connectivity index (χ3n) is 2.14. The monoisotopic (exact) mass is 214 g/mol. The van der Waals surface area contributed by atoms with Crippen LogP contribution in [-0.4, -0.2) is 16.6 Å². The fourth-order valence-corrected chi connectivity index (χ4v) is 1.15. The molecule has 1 rings (SSSR count). The van der Waals surface area contributed by atoms with Crippen molar-refractivity contribution < 1.29 is 14.4 Å². The lowest BCUT2D eigenvalue weighted by atomic mass is 9.95. The first-order chi connectivity index (χ1) is 6.88. The van der Waals surface area contributed by atoms with Gasteiger partial charge < -0.3 is 10.8 Å². The highest BCUT2D eigenvalue weighted by molar-refractivity contribution is 5.38. The van der Waals surface area contributed by atoms with Crippen molar-refractivity contribution in [2.45, 2.75) is 12.5 Å². The van der Waals surface area contributed by atoms with Crippen LogP contribution in [0, 0.1) is 15.9 Å². The molecule has 0 aliphatic heterocycles. The molecular formula is C9H11FN2O3. The predicted molar refractivity (Wildman–Crippen MR) is 51.7 cm³/mol. The van der Waals surface area contributed by atoms with Crippen LogP contribution in [0.25, 0.3) is 0 Å². The van der Waals surface area contributed by atoms with Gasteiger partial charge in [-0.1, -0.05) is 0 Å². The highest BCUT2D eigenvalue weighted by Crippen LogP contribution is 2.26. The van der Waals surface area contributed by atoms with Crippen molar-refractivity contribution in [3.63, 3.8) is 0 Å². The number of hydrogen-bond acceptors (Lipinski definition) is 4. The highest BCUT2D eigenvalue weighted by atomic mass is 19.1. The molecule has 1 unspecified atom stereocenters.